The Balaban J connectivity index is 2.68. The molecule has 1 aromatic carbocycles. The van der Waals surface area contributed by atoms with Crippen LogP contribution in [0.15, 0.2) is 24.3 Å². The number of anilines is 1. The zero-order valence-corrected chi connectivity index (χ0v) is 14.5. The number of sulfonamides is 1. The molecule has 0 aliphatic heterocycles. The third-order valence-corrected chi connectivity index (χ3v) is 4.71. The fourth-order valence-electron chi connectivity index (χ4n) is 1.97. The summed E-state index contributed by atoms with van der Waals surface area (Å²) < 4.78 is 23.6. The first-order valence-electron chi connectivity index (χ1n) is 7.28. The van der Waals surface area contributed by atoms with Crippen LogP contribution in [-0.4, -0.2) is 56.5 Å². The minimum absolute atomic E-state index is 0.195. The molecule has 0 atom stereocenters. The Morgan fingerprint density at radius 2 is 1.86 bits per heavy atom. The second-order valence-electron chi connectivity index (χ2n) is 5.23. The fourth-order valence-corrected chi connectivity index (χ4v) is 2.32. The summed E-state index contributed by atoms with van der Waals surface area (Å²) in [4.78, 5) is 14.2. The van der Waals surface area contributed by atoms with E-state index in [2.05, 4.69) is 24.1 Å². The molecule has 6 nitrogen and oxygen atoms in total. The van der Waals surface area contributed by atoms with Gasteiger partial charge in [-0.05, 0) is 30.8 Å². The molecule has 0 unspecified atom stereocenters. The van der Waals surface area contributed by atoms with Gasteiger partial charge < -0.3 is 5.32 Å². The van der Waals surface area contributed by atoms with E-state index in [9.17, 15) is 13.2 Å². The Kier molecular flexibility index (Phi) is 6.99. The van der Waals surface area contributed by atoms with Crippen molar-refractivity contribution in [1.82, 2.24) is 9.21 Å². The summed E-state index contributed by atoms with van der Waals surface area (Å²) in [5, 5.41) is 2.73. The van der Waals surface area contributed by atoms with E-state index in [1.165, 1.54) is 7.05 Å². The molecule has 124 valence electrons. The van der Waals surface area contributed by atoms with Crippen molar-refractivity contribution in [1.29, 1.82) is 0 Å². The number of nitrogens with zero attached hydrogens (tertiary/aromatic N) is 2. The van der Waals surface area contributed by atoms with Gasteiger partial charge in [0.25, 0.3) is 0 Å². The lowest BCUT2D eigenvalue weighted by Gasteiger charge is -2.18. The molecule has 0 radical (unpaired) electrons. The number of likely N-dealkylation sites (N-methyl/N-ethyl adjacent to an activating group) is 1. The molecule has 0 heterocycles. The first kappa shape index (κ1) is 18.6. The summed E-state index contributed by atoms with van der Waals surface area (Å²) in [7, 11) is -1.97. The van der Waals surface area contributed by atoms with E-state index in [-0.39, 0.29) is 12.5 Å². The van der Waals surface area contributed by atoms with Crippen molar-refractivity contribution < 1.29 is 13.2 Å². The highest BCUT2D eigenvalue weighted by molar-refractivity contribution is 7.88. The van der Waals surface area contributed by atoms with Gasteiger partial charge in [-0.25, -0.2) is 8.42 Å². The lowest BCUT2D eigenvalue weighted by Crippen LogP contribution is -2.34. The fraction of sp³-hybridized carbons (Fsp3) is 0.533. The van der Waals surface area contributed by atoms with Crippen molar-refractivity contribution >= 4 is 21.6 Å². The predicted octanol–water partition coefficient (Wildman–Crippen LogP) is 1.36. The molecule has 0 saturated heterocycles. The van der Waals surface area contributed by atoms with Gasteiger partial charge in [-0.3, -0.25) is 9.69 Å². The minimum atomic E-state index is -3.36. The van der Waals surface area contributed by atoms with Crippen LogP contribution in [0.4, 0.5) is 5.69 Å². The molecular formula is C15H25N3O3S. The van der Waals surface area contributed by atoms with Gasteiger partial charge in [0.1, 0.15) is 0 Å². The van der Waals surface area contributed by atoms with Crippen LogP contribution >= 0.6 is 0 Å². The first-order chi connectivity index (χ1) is 10.3. The highest BCUT2D eigenvalue weighted by atomic mass is 32.2. The van der Waals surface area contributed by atoms with Crippen LogP contribution in [-0.2, 0) is 21.4 Å². The number of nitrogens with one attached hydrogen (secondary N) is 1. The van der Waals surface area contributed by atoms with Crippen molar-refractivity contribution in [3.63, 3.8) is 0 Å². The van der Waals surface area contributed by atoms with E-state index in [1.807, 2.05) is 18.2 Å². The maximum absolute atomic E-state index is 11.9. The summed E-state index contributed by atoms with van der Waals surface area (Å²) >= 11 is 0. The molecule has 0 aromatic heterocycles. The Labute approximate surface area is 133 Å². The van der Waals surface area contributed by atoms with Gasteiger partial charge in [0, 0.05) is 19.3 Å². The molecule has 0 bridgehead atoms. The minimum Gasteiger partial charge on any atom is -0.325 e. The van der Waals surface area contributed by atoms with Gasteiger partial charge >= 0.3 is 0 Å². The Morgan fingerprint density at radius 1 is 1.23 bits per heavy atom. The highest BCUT2D eigenvalue weighted by Crippen LogP contribution is 2.13. The number of amides is 1. The van der Waals surface area contributed by atoms with Crippen LogP contribution in [0.2, 0.25) is 0 Å². The van der Waals surface area contributed by atoms with Gasteiger partial charge in [-0.1, -0.05) is 26.0 Å². The number of carbonyl (C=O) groups excluding carboxylic acids is 1. The van der Waals surface area contributed by atoms with E-state index >= 15 is 0 Å². The van der Waals surface area contributed by atoms with Crippen LogP contribution in [0.25, 0.3) is 0 Å². The summed E-state index contributed by atoms with van der Waals surface area (Å²) in [6.45, 7) is 6.77. The summed E-state index contributed by atoms with van der Waals surface area (Å²) in [5.41, 5.74) is 1.79. The highest BCUT2D eigenvalue weighted by Gasteiger charge is 2.15. The first-order valence-corrected chi connectivity index (χ1v) is 9.13. The molecule has 1 N–H and O–H groups in total. The van der Waals surface area contributed by atoms with Crippen molar-refractivity contribution in [3.8, 4) is 0 Å². The van der Waals surface area contributed by atoms with E-state index in [0.29, 0.717) is 5.69 Å². The SMILES string of the molecule is CCN(CC)Cc1cccc(NC(=O)CN(C)S(C)(=O)=O)c1. The second kappa shape index (κ2) is 8.26. The molecule has 0 fully saturated rings. The van der Waals surface area contributed by atoms with Crippen molar-refractivity contribution in [2.24, 2.45) is 0 Å². The van der Waals surface area contributed by atoms with Crippen LogP contribution in [0.3, 0.4) is 0 Å². The molecular weight excluding hydrogens is 302 g/mol. The molecule has 0 saturated carbocycles. The molecule has 0 aliphatic carbocycles. The lowest BCUT2D eigenvalue weighted by atomic mass is 10.2. The van der Waals surface area contributed by atoms with E-state index in [4.69, 9.17) is 0 Å². The maximum Gasteiger partial charge on any atom is 0.239 e. The zero-order valence-electron chi connectivity index (χ0n) is 13.7. The monoisotopic (exact) mass is 327 g/mol. The number of benzene rings is 1. The number of rotatable bonds is 8. The third-order valence-electron chi connectivity index (χ3n) is 3.44. The van der Waals surface area contributed by atoms with Gasteiger partial charge in [-0.15, -0.1) is 0 Å². The van der Waals surface area contributed by atoms with E-state index in [1.54, 1.807) is 6.07 Å². The quantitative estimate of drug-likeness (QED) is 0.783. The van der Waals surface area contributed by atoms with Crippen LogP contribution in [0, 0.1) is 0 Å². The number of hydrogen-bond donors (Lipinski definition) is 1. The van der Waals surface area contributed by atoms with Crippen LogP contribution < -0.4 is 5.32 Å². The average molecular weight is 327 g/mol. The van der Waals surface area contributed by atoms with Crippen molar-refractivity contribution in [3.05, 3.63) is 29.8 Å². The van der Waals surface area contributed by atoms with Crippen molar-refractivity contribution in [2.45, 2.75) is 20.4 Å². The lowest BCUT2D eigenvalue weighted by molar-refractivity contribution is -0.116. The standard InChI is InChI=1S/C15H25N3O3S/c1-5-18(6-2)11-13-8-7-9-14(10-13)16-15(19)12-17(3)22(4,20)21/h7-10H,5-6,11-12H2,1-4H3,(H,16,19). The normalized spacial score (nSPS) is 11.9. The molecule has 1 amide bonds. The molecule has 1 rings (SSSR count). The molecule has 7 heteroatoms. The van der Waals surface area contributed by atoms with Gasteiger partial charge in [0.05, 0.1) is 12.8 Å². The summed E-state index contributed by atoms with van der Waals surface area (Å²) in [5.74, 6) is -0.354. The van der Waals surface area contributed by atoms with Gasteiger partial charge in [0.2, 0.25) is 15.9 Å². The summed E-state index contributed by atoms with van der Waals surface area (Å²) in [6.07, 6.45) is 1.07. The Hall–Kier alpha value is -1.44. The third kappa shape index (κ3) is 6.13. The Bertz CT molecular complexity index is 598. The maximum atomic E-state index is 11.9. The number of carbonyl (C=O) groups is 1. The second-order valence-corrected chi connectivity index (χ2v) is 7.32. The van der Waals surface area contributed by atoms with Gasteiger partial charge in [-0.2, -0.15) is 4.31 Å². The van der Waals surface area contributed by atoms with Crippen LogP contribution in [0.1, 0.15) is 19.4 Å². The zero-order chi connectivity index (χ0) is 16.8. The smallest absolute Gasteiger partial charge is 0.239 e. The Morgan fingerprint density at radius 3 is 2.41 bits per heavy atom. The van der Waals surface area contributed by atoms with Gasteiger partial charge in [0.15, 0.2) is 0 Å². The average Bonchev–Trinajstić information content (AvgIpc) is 2.44. The molecule has 0 aliphatic rings. The van der Waals surface area contributed by atoms with E-state index < -0.39 is 10.0 Å². The molecule has 0 spiro atoms. The summed E-state index contributed by atoms with van der Waals surface area (Å²) in [6, 6.07) is 7.60. The number of hydrogen-bond acceptors (Lipinski definition) is 4. The molecule has 22 heavy (non-hydrogen) atoms. The largest absolute Gasteiger partial charge is 0.325 e. The van der Waals surface area contributed by atoms with E-state index in [0.717, 1.165) is 35.8 Å². The van der Waals surface area contributed by atoms with Crippen LogP contribution in [0.5, 0.6) is 0 Å². The molecule has 1 aromatic rings. The van der Waals surface area contributed by atoms with Crippen molar-refractivity contribution in [2.75, 3.05) is 38.3 Å². The topological polar surface area (TPSA) is 69.7 Å². The predicted molar refractivity (Wildman–Crippen MR) is 89.2 cm³/mol.